The molecule has 0 aromatic heterocycles. The Morgan fingerprint density at radius 3 is 2.56 bits per heavy atom. The first-order valence-electron chi connectivity index (χ1n) is 8.86. The van der Waals surface area contributed by atoms with Crippen molar-refractivity contribution in [1.29, 1.82) is 0 Å². The van der Waals surface area contributed by atoms with E-state index in [2.05, 4.69) is 5.32 Å². The maximum Gasteiger partial charge on any atom is 0.307 e. The maximum absolute atomic E-state index is 12.6. The number of amides is 2. The molecule has 1 fully saturated rings. The van der Waals surface area contributed by atoms with Crippen LogP contribution < -0.4 is 5.32 Å². The summed E-state index contributed by atoms with van der Waals surface area (Å²) >= 11 is 0. The number of benzene rings is 2. The van der Waals surface area contributed by atoms with Gasteiger partial charge >= 0.3 is 5.97 Å². The van der Waals surface area contributed by atoms with Crippen LogP contribution in [0.25, 0.3) is 0 Å². The first kappa shape index (κ1) is 18.6. The molecule has 1 heterocycles. The van der Waals surface area contributed by atoms with Gasteiger partial charge in [0.1, 0.15) is 0 Å². The van der Waals surface area contributed by atoms with Crippen LogP contribution >= 0.6 is 0 Å². The molecule has 0 spiro atoms. The van der Waals surface area contributed by atoms with Crippen molar-refractivity contribution in [3.63, 3.8) is 0 Å². The zero-order chi connectivity index (χ0) is 19.4. The molecule has 27 heavy (non-hydrogen) atoms. The first-order chi connectivity index (χ1) is 12.9. The Morgan fingerprint density at radius 2 is 1.85 bits per heavy atom. The van der Waals surface area contributed by atoms with Crippen molar-refractivity contribution >= 4 is 23.5 Å². The molecular formula is C21H22N2O4. The van der Waals surface area contributed by atoms with Gasteiger partial charge in [-0.05, 0) is 24.1 Å². The second-order valence-electron chi connectivity index (χ2n) is 6.88. The van der Waals surface area contributed by atoms with E-state index in [-0.39, 0.29) is 24.7 Å². The van der Waals surface area contributed by atoms with Crippen LogP contribution in [0.5, 0.6) is 0 Å². The lowest BCUT2D eigenvalue weighted by Gasteiger charge is -2.17. The zero-order valence-electron chi connectivity index (χ0n) is 15.1. The Balaban J connectivity index is 1.64. The average molecular weight is 366 g/mol. The number of carboxylic acid groups (broad SMARTS) is 1. The molecule has 2 aromatic carbocycles. The second-order valence-corrected chi connectivity index (χ2v) is 6.88. The van der Waals surface area contributed by atoms with Crippen LogP contribution in [0.3, 0.4) is 0 Å². The summed E-state index contributed by atoms with van der Waals surface area (Å²) in [6.07, 6.45) is -0.00160. The molecule has 6 nitrogen and oxygen atoms in total. The van der Waals surface area contributed by atoms with E-state index in [9.17, 15) is 14.4 Å². The molecule has 1 aliphatic rings. The Morgan fingerprint density at radius 1 is 1.15 bits per heavy atom. The van der Waals surface area contributed by atoms with Crippen LogP contribution in [0.1, 0.15) is 23.1 Å². The molecule has 2 N–H and O–H groups in total. The summed E-state index contributed by atoms with van der Waals surface area (Å²) in [7, 11) is 0. The van der Waals surface area contributed by atoms with Gasteiger partial charge in [-0.25, -0.2) is 0 Å². The molecule has 2 aromatic rings. The highest BCUT2D eigenvalue weighted by Crippen LogP contribution is 2.23. The number of hydrogen-bond acceptors (Lipinski definition) is 3. The number of rotatable bonds is 6. The Kier molecular flexibility index (Phi) is 5.54. The van der Waals surface area contributed by atoms with Gasteiger partial charge < -0.3 is 15.3 Å². The Bertz CT molecular complexity index is 861. The van der Waals surface area contributed by atoms with E-state index in [0.29, 0.717) is 24.3 Å². The molecule has 2 amide bonds. The minimum absolute atomic E-state index is 0.0467. The first-order valence-corrected chi connectivity index (χ1v) is 8.86. The van der Waals surface area contributed by atoms with E-state index >= 15 is 0 Å². The fourth-order valence-electron chi connectivity index (χ4n) is 3.21. The van der Waals surface area contributed by atoms with E-state index in [4.69, 9.17) is 5.11 Å². The molecule has 1 aliphatic heterocycles. The van der Waals surface area contributed by atoms with Crippen LogP contribution in [0.15, 0.2) is 48.5 Å². The summed E-state index contributed by atoms with van der Waals surface area (Å²) < 4.78 is 0. The third kappa shape index (κ3) is 4.73. The van der Waals surface area contributed by atoms with Gasteiger partial charge in [-0.1, -0.05) is 48.0 Å². The van der Waals surface area contributed by atoms with Gasteiger partial charge in [0.05, 0.1) is 12.3 Å². The van der Waals surface area contributed by atoms with Crippen LogP contribution in [0.2, 0.25) is 0 Å². The lowest BCUT2D eigenvalue weighted by molar-refractivity contribution is -0.136. The average Bonchev–Trinajstić information content (AvgIpc) is 2.99. The van der Waals surface area contributed by atoms with Crippen LogP contribution in [0.4, 0.5) is 5.69 Å². The summed E-state index contributed by atoms with van der Waals surface area (Å²) in [6.45, 7) is 2.85. The highest BCUT2D eigenvalue weighted by Gasteiger charge is 2.34. The van der Waals surface area contributed by atoms with Gasteiger partial charge in [-0.3, -0.25) is 14.4 Å². The molecule has 0 saturated carbocycles. The van der Waals surface area contributed by atoms with Crippen molar-refractivity contribution in [2.75, 3.05) is 11.9 Å². The van der Waals surface area contributed by atoms with Gasteiger partial charge in [0, 0.05) is 25.2 Å². The minimum Gasteiger partial charge on any atom is -0.481 e. The number of hydrogen-bond donors (Lipinski definition) is 2. The van der Waals surface area contributed by atoms with E-state index in [1.54, 1.807) is 29.2 Å². The number of para-hydroxylation sites is 1. The lowest BCUT2D eigenvalue weighted by atomic mass is 10.1. The van der Waals surface area contributed by atoms with Crippen molar-refractivity contribution in [2.24, 2.45) is 5.92 Å². The normalized spacial score (nSPS) is 16.4. The van der Waals surface area contributed by atoms with Gasteiger partial charge in [-0.2, -0.15) is 0 Å². The van der Waals surface area contributed by atoms with Crippen molar-refractivity contribution in [2.45, 2.75) is 26.3 Å². The number of likely N-dealkylation sites (tertiary alicyclic amines) is 1. The van der Waals surface area contributed by atoms with E-state index in [1.807, 2.05) is 31.2 Å². The lowest BCUT2D eigenvalue weighted by Crippen LogP contribution is -2.28. The number of aryl methyl sites for hydroxylation is 1. The van der Waals surface area contributed by atoms with E-state index < -0.39 is 11.9 Å². The molecule has 0 aliphatic carbocycles. The standard InChI is InChI=1S/C21H22N2O4/c1-14-6-8-15(9-7-14)12-23-13-17(10-19(23)24)21(27)22-18-5-3-2-4-16(18)11-20(25)26/h2-9,17H,10-13H2,1H3,(H,22,27)(H,25,26). The summed E-state index contributed by atoms with van der Waals surface area (Å²) in [6, 6.07) is 14.8. The van der Waals surface area contributed by atoms with Gasteiger partial charge in [0.2, 0.25) is 11.8 Å². The smallest absolute Gasteiger partial charge is 0.307 e. The van der Waals surface area contributed by atoms with Crippen molar-refractivity contribution in [3.05, 3.63) is 65.2 Å². The van der Waals surface area contributed by atoms with Crippen LogP contribution in [0, 0.1) is 12.8 Å². The summed E-state index contributed by atoms with van der Waals surface area (Å²) in [4.78, 5) is 37.6. The third-order valence-electron chi connectivity index (χ3n) is 4.70. The molecule has 6 heteroatoms. The maximum atomic E-state index is 12.6. The molecule has 1 atom stereocenters. The van der Waals surface area contributed by atoms with Gasteiger partial charge in [0.15, 0.2) is 0 Å². The summed E-state index contributed by atoms with van der Waals surface area (Å²) in [5, 5.41) is 11.8. The molecule has 0 radical (unpaired) electrons. The minimum atomic E-state index is -0.961. The van der Waals surface area contributed by atoms with Crippen LogP contribution in [-0.2, 0) is 27.3 Å². The van der Waals surface area contributed by atoms with Crippen molar-refractivity contribution in [3.8, 4) is 0 Å². The highest BCUT2D eigenvalue weighted by molar-refractivity contribution is 5.98. The highest BCUT2D eigenvalue weighted by atomic mass is 16.4. The zero-order valence-corrected chi connectivity index (χ0v) is 15.1. The predicted molar refractivity (Wildman–Crippen MR) is 101 cm³/mol. The predicted octanol–water partition coefficient (Wildman–Crippen LogP) is 2.61. The second kappa shape index (κ2) is 8.03. The monoisotopic (exact) mass is 366 g/mol. The number of nitrogens with one attached hydrogen (secondary N) is 1. The molecule has 1 saturated heterocycles. The van der Waals surface area contributed by atoms with Gasteiger partial charge in [-0.15, -0.1) is 0 Å². The number of aliphatic carboxylic acids is 1. The Hall–Kier alpha value is -3.15. The van der Waals surface area contributed by atoms with E-state index in [0.717, 1.165) is 11.1 Å². The number of carbonyl (C=O) groups is 3. The third-order valence-corrected chi connectivity index (χ3v) is 4.70. The van der Waals surface area contributed by atoms with Gasteiger partial charge in [0.25, 0.3) is 0 Å². The topological polar surface area (TPSA) is 86.7 Å². The summed E-state index contributed by atoms with van der Waals surface area (Å²) in [5.41, 5.74) is 3.21. The number of carboxylic acids is 1. The fraction of sp³-hybridized carbons (Fsp3) is 0.286. The van der Waals surface area contributed by atoms with Crippen molar-refractivity contribution in [1.82, 2.24) is 4.90 Å². The number of anilines is 1. The molecule has 0 bridgehead atoms. The fourth-order valence-corrected chi connectivity index (χ4v) is 3.21. The quantitative estimate of drug-likeness (QED) is 0.823. The SMILES string of the molecule is Cc1ccc(CN2CC(C(=O)Nc3ccccc3CC(=O)O)CC2=O)cc1. The molecular weight excluding hydrogens is 344 g/mol. The molecule has 140 valence electrons. The van der Waals surface area contributed by atoms with Crippen molar-refractivity contribution < 1.29 is 19.5 Å². The molecule has 1 unspecified atom stereocenters. The molecule has 3 rings (SSSR count). The van der Waals surface area contributed by atoms with E-state index in [1.165, 1.54) is 0 Å². The largest absolute Gasteiger partial charge is 0.481 e. The number of nitrogens with zero attached hydrogens (tertiary/aromatic N) is 1. The number of carbonyl (C=O) groups excluding carboxylic acids is 2. The summed E-state index contributed by atoms with van der Waals surface area (Å²) in [5.74, 6) is -1.71. The Labute approximate surface area is 157 Å². The van der Waals surface area contributed by atoms with Crippen LogP contribution in [-0.4, -0.2) is 34.3 Å².